The number of likely N-dealkylation sites (tertiary alicyclic amines) is 1. The van der Waals surface area contributed by atoms with Gasteiger partial charge in [-0.05, 0) is 43.7 Å². The average Bonchev–Trinajstić information content (AvgIpc) is 3.04. The van der Waals surface area contributed by atoms with E-state index in [-0.39, 0.29) is 0 Å². The SMILES string of the molecule is CC(C)N1CC(c2ncc(-c3cccc(C4CCCCC4)c3)s2)C1. The molecule has 0 bridgehead atoms. The summed E-state index contributed by atoms with van der Waals surface area (Å²) in [6, 6.07) is 9.91. The van der Waals surface area contributed by atoms with Crippen molar-refractivity contribution in [2.24, 2.45) is 0 Å². The van der Waals surface area contributed by atoms with Crippen LogP contribution >= 0.6 is 11.3 Å². The van der Waals surface area contributed by atoms with Crippen molar-refractivity contribution in [3.05, 3.63) is 41.0 Å². The quantitative estimate of drug-likeness (QED) is 0.713. The number of rotatable bonds is 4. The van der Waals surface area contributed by atoms with Crippen molar-refractivity contribution in [1.82, 2.24) is 9.88 Å². The predicted molar refractivity (Wildman–Crippen MR) is 103 cm³/mol. The third-order valence-corrected chi connectivity index (χ3v) is 6.97. The Morgan fingerprint density at radius 2 is 1.88 bits per heavy atom. The predicted octanol–water partition coefficient (Wildman–Crippen LogP) is 5.67. The van der Waals surface area contributed by atoms with Gasteiger partial charge in [0.2, 0.25) is 0 Å². The average molecular weight is 341 g/mol. The molecule has 0 radical (unpaired) electrons. The highest BCUT2D eigenvalue weighted by Crippen LogP contribution is 2.37. The van der Waals surface area contributed by atoms with Crippen molar-refractivity contribution in [2.75, 3.05) is 13.1 Å². The van der Waals surface area contributed by atoms with Gasteiger partial charge in [0.1, 0.15) is 0 Å². The highest BCUT2D eigenvalue weighted by molar-refractivity contribution is 7.15. The molecule has 2 nitrogen and oxygen atoms in total. The van der Waals surface area contributed by atoms with Gasteiger partial charge < -0.3 is 0 Å². The van der Waals surface area contributed by atoms with E-state index >= 15 is 0 Å². The molecule has 2 aromatic rings. The fourth-order valence-corrected chi connectivity index (χ4v) is 5.08. The summed E-state index contributed by atoms with van der Waals surface area (Å²) >= 11 is 1.90. The second-order valence-electron chi connectivity index (χ2n) is 7.77. The molecule has 2 fully saturated rings. The Hall–Kier alpha value is -1.19. The minimum Gasteiger partial charge on any atom is -0.299 e. The monoisotopic (exact) mass is 340 g/mol. The Morgan fingerprint density at radius 3 is 2.62 bits per heavy atom. The second kappa shape index (κ2) is 6.97. The standard InChI is InChI=1S/C21H28N2S/c1-15(2)23-13-19(14-23)21-22-12-20(24-21)18-10-6-9-17(11-18)16-7-4-3-5-8-16/h6,9-12,15-16,19H,3-5,7-8,13-14H2,1-2H3. The van der Waals surface area contributed by atoms with E-state index in [0.29, 0.717) is 12.0 Å². The molecule has 1 aromatic carbocycles. The van der Waals surface area contributed by atoms with Gasteiger partial charge in [0.15, 0.2) is 0 Å². The lowest BCUT2D eigenvalue weighted by molar-refractivity contribution is 0.110. The van der Waals surface area contributed by atoms with Crippen LogP contribution in [0.15, 0.2) is 30.5 Å². The maximum atomic E-state index is 4.74. The van der Waals surface area contributed by atoms with Crippen molar-refractivity contribution in [3.63, 3.8) is 0 Å². The maximum absolute atomic E-state index is 4.74. The molecule has 1 saturated heterocycles. The number of benzene rings is 1. The minimum atomic E-state index is 0.646. The first-order chi connectivity index (χ1) is 11.7. The molecular formula is C21H28N2S. The molecule has 1 saturated carbocycles. The van der Waals surface area contributed by atoms with Gasteiger partial charge in [-0.25, -0.2) is 4.98 Å². The van der Waals surface area contributed by atoms with E-state index < -0.39 is 0 Å². The van der Waals surface area contributed by atoms with Gasteiger partial charge in [0.25, 0.3) is 0 Å². The fraction of sp³-hybridized carbons (Fsp3) is 0.571. The Labute approximate surface area is 149 Å². The van der Waals surface area contributed by atoms with Crippen LogP contribution in [-0.4, -0.2) is 29.0 Å². The third-order valence-electron chi connectivity index (χ3n) is 5.76. The summed E-state index contributed by atoms with van der Waals surface area (Å²) in [5, 5.41) is 1.32. The van der Waals surface area contributed by atoms with Gasteiger partial charge >= 0.3 is 0 Å². The first kappa shape index (κ1) is 16.3. The molecule has 24 heavy (non-hydrogen) atoms. The molecule has 0 N–H and O–H groups in total. The van der Waals surface area contributed by atoms with Crippen LogP contribution in [0.5, 0.6) is 0 Å². The number of thiazole rings is 1. The second-order valence-corrected chi connectivity index (χ2v) is 8.83. The fourth-order valence-electron chi connectivity index (χ4n) is 4.08. The van der Waals surface area contributed by atoms with E-state index in [1.54, 1.807) is 0 Å². The molecule has 2 heterocycles. The molecule has 1 aromatic heterocycles. The zero-order chi connectivity index (χ0) is 16.5. The summed E-state index contributed by atoms with van der Waals surface area (Å²) < 4.78 is 0. The summed E-state index contributed by atoms with van der Waals surface area (Å²) in [4.78, 5) is 8.60. The van der Waals surface area contributed by atoms with Crippen LogP contribution in [-0.2, 0) is 0 Å². The molecule has 128 valence electrons. The van der Waals surface area contributed by atoms with Crippen molar-refractivity contribution < 1.29 is 0 Å². The normalized spacial score (nSPS) is 20.5. The van der Waals surface area contributed by atoms with Crippen LogP contribution in [0.3, 0.4) is 0 Å². The molecule has 0 amide bonds. The van der Waals surface area contributed by atoms with Gasteiger partial charge in [-0.1, -0.05) is 43.5 Å². The lowest BCUT2D eigenvalue weighted by Gasteiger charge is -2.41. The van der Waals surface area contributed by atoms with Crippen LogP contribution in [0.4, 0.5) is 0 Å². The van der Waals surface area contributed by atoms with Crippen molar-refractivity contribution >= 4 is 11.3 Å². The van der Waals surface area contributed by atoms with Crippen LogP contribution in [0, 0.1) is 0 Å². The zero-order valence-corrected chi connectivity index (χ0v) is 15.7. The van der Waals surface area contributed by atoms with E-state index in [2.05, 4.69) is 49.2 Å². The van der Waals surface area contributed by atoms with E-state index in [1.807, 2.05) is 11.3 Å². The Morgan fingerprint density at radius 1 is 1.08 bits per heavy atom. The zero-order valence-electron chi connectivity index (χ0n) is 14.9. The lowest BCUT2D eigenvalue weighted by atomic mass is 9.83. The minimum absolute atomic E-state index is 0.646. The molecule has 2 aliphatic rings. The van der Waals surface area contributed by atoms with Gasteiger partial charge in [-0.2, -0.15) is 0 Å². The summed E-state index contributed by atoms with van der Waals surface area (Å²) in [5.41, 5.74) is 2.90. The molecule has 1 aliphatic heterocycles. The van der Waals surface area contributed by atoms with Crippen LogP contribution in [0.1, 0.15) is 68.4 Å². The maximum Gasteiger partial charge on any atom is 0.0987 e. The van der Waals surface area contributed by atoms with E-state index in [4.69, 9.17) is 4.98 Å². The topological polar surface area (TPSA) is 16.1 Å². The highest BCUT2D eigenvalue weighted by atomic mass is 32.1. The van der Waals surface area contributed by atoms with E-state index in [0.717, 1.165) is 5.92 Å². The van der Waals surface area contributed by atoms with Gasteiger partial charge in [0.05, 0.1) is 9.88 Å². The number of hydrogen-bond acceptors (Lipinski definition) is 3. The smallest absolute Gasteiger partial charge is 0.0987 e. The molecule has 3 heteroatoms. The molecule has 0 unspecified atom stereocenters. The molecule has 0 spiro atoms. The largest absolute Gasteiger partial charge is 0.299 e. The Bertz CT molecular complexity index is 679. The van der Waals surface area contributed by atoms with Crippen molar-refractivity contribution in [3.8, 4) is 10.4 Å². The molecule has 0 atom stereocenters. The summed E-state index contributed by atoms with van der Waals surface area (Å²) in [6.45, 7) is 6.90. The first-order valence-corrected chi connectivity index (χ1v) is 10.3. The third kappa shape index (κ3) is 3.29. The lowest BCUT2D eigenvalue weighted by Crippen LogP contribution is -2.48. The Kier molecular flexibility index (Phi) is 4.73. The van der Waals surface area contributed by atoms with Crippen LogP contribution < -0.4 is 0 Å². The van der Waals surface area contributed by atoms with E-state index in [1.165, 1.54) is 66.2 Å². The highest BCUT2D eigenvalue weighted by Gasteiger charge is 2.31. The number of nitrogens with zero attached hydrogens (tertiary/aromatic N) is 2. The number of hydrogen-bond donors (Lipinski definition) is 0. The van der Waals surface area contributed by atoms with Crippen LogP contribution in [0.2, 0.25) is 0 Å². The van der Waals surface area contributed by atoms with Crippen molar-refractivity contribution in [2.45, 2.75) is 63.8 Å². The first-order valence-electron chi connectivity index (χ1n) is 9.51. The van der Waals surface area contributed by atoms with E-state index in [9.17, 15) is 0 Å². The molecular weight excluding hydrogens is 312 g/mol. The Balaban J connectivity index is 1.48. The summed E-state index contributed by atoms with van der Waals surface area (Å²) in [7, 11) is 0. The van der Waals surface area contributed by atoms with Crippen molar-refractivity contribution in [1.29, 1.82) is 0 Å². The summed E-state index contributed by atoms with van der Waals surface area (Å²) in [5.74, 6) is 1.42. The van der Waals surface area contributed by atoms with Crippen LogP contribution in [0.25, 0.3) is 10.4 Å². The molecule has 1 aliphatic carbocycles. The van der Waals surface area contributed by atoms with Gasteiger partial charge in [0, 0.05) is 31.2 Å². The van der Waals surface area contributed by atoms with Gasteiger partial charge in [-0.15, -0.1) is 11.3 Å². The molecule has 4 rings (SSSR count). The summed E-state index contributed by atoms with van der Waals surface area (Å²) in [6.07, 6.45) is 9.04. The van der Waals surface area contributed by atoms with Gasteiger partial charge in [-0.3, -0.25) is 4.90 Å². The number of aromatic nitrogens is 1.